The zero-order chi connectivity index (χ0) is 15.1. The standard InChI is InChI=1S/C16H13F3N2/c17-16(18,19)14-10-4-5-11-15(14)21-20-12-6-9-13-7-2-1-3-8-13/h1-12,21H/b9-6+,20-12+. The average molecular weight is 290 g/mol. The van der Waals surface area contributed by atoms with Crippen LogP contribution in [0, 0.1) is 0 Å². The topological polar surface area (TPSA) is 24.4 Å². The summed E-state index contributed by atoms with van der Waals surface area (Å²) in [5.74, 6) is 0. The second-order valence-corrected chi connectivity index (χ2v) is 4.20. The normalized spacial score (nSPS) is 12.1. The highest BCUT2D eigenvalue weighted by atomic mass is 19.4. The summed E-state index contributed by atoms with van der Waals surface area (Å²) in [5, 5.41) is 3.77. The van der Waals surface area contributed by atoms with E-state index in [1.165, 1.54) is 24.4 Å². The molecule has 0 aliphatic rings. The van der Waals surface area contributed by atoms with Crippen LogP contribution in [-0.2, 0) is 6.18 Å². The summed E-state index contributed by atoms with van der Waals surface area (Å²) in [6.07, 6.45) is 0.457. The quantitative estimate of drug-likeness (QED) is 0.634. The number of hydrogen-bond donors (Lipinski definition) is 1. The number of para-hydroxylation sites is 1. The first-order valence-corrected chi connectivity index (χ1v) is 6.24. The molecule has 0 aromatic heterocycles. The van der Waals surface area contributed by atoms with Crippen molar-refractivity contribution in [2.45, 2.75) is 6.18 Å². The molecule has 0 saturated carbocycles. The van der Waals surface area contributed by atoms with E-state index >= 15 is 0 Å². The number of allylic oxidation sites excluding steroid dienone is 1. The van der Waals surface area contributed by atoms with Gasteiger partial charge in [0.2, 0.25) is 0 Å². The highest BCUT2D eigenvalue weighted by Gasteiger charge is 2.33. The number of rotatable bonds is 4. The molecule has 0 unspecified atom stereocenters. The molecule has 0 aliphatic heterocycles. The summed E-state index contributed by atoms with van der Waals surface area (Å²) in [7, 11) is 0. The van der Waals surface area contributed by atoms with Crippen molar-refractivity contribution in [1.29, 1.82) is 0 Å². The van der Waals surface area contributed by atoms with E-state index in [9.17, 15) is 13.2 Å². The molecule has 0 bridgehead atoms. The van der Waals surface area contributed by atoms with Gasteiger partial charge in [0.1, 0.15) is 0 Å². The molecule has 0 heterocycles. The van der Waals surface area contributed by atoms with Gasteiger partial charge in [-0.3, -0.25) is 5.43 Å². The van der Waals surface area contributed by atoms with Gasteiger partial charge in [-0.25, -0.2) is 0 Å². The van der Waals surface area contributed by atoms with Crippen LogP contribution in [0.1, 0.15) is 11.1 Å². The molecular formula is C16H13F3N2. The van der Waals surface area contributed by atoms with Gasteiger partial charge < -0.3 is 0 Å². The maximum absolute atomic E-state index is 12.7. The summed E-state index contributed by atoms with van der Waals surface area (Å²) >= 11 is 0. The Balaban J connectivity index is 2.01. The second kappa shape index (κ2) is 6.74. The van der Waals surface area contributed by atoms with Crippen LogP contribution in [0.2, 0.25) is 0 Å². The van der Waals surface area contributed by atoms with Gasteiger partial charge in [-0.2, -0.15) is 18.3 Å². The lowest BCUT2D eigenvalue weighted by atomic mass is 10.2. The molecule has 108 valence electrons. The Hall–Kier alpha value is -2.56. The van der Waals surface area contributed by atoms with Crippen LogP contribution in [0.5, 0.6) is 0 Å². The number of hydrazone groups is 1. The van der Waals surface area contributed by atoms with Crippen LogP contribution < -0.4 is 5.43 Å². The minimum atomic E-state index is -4.40. The number of anilines is 1. The summed E-state index contributed by atoms with van der Waals surface area (Å²) in [6, 6.07) is 14.7. The maximum Gasteiger partial charge on any atom is 0.418 e. The molecule has 0 spiro atoms. The smallest absolute Gasteiger partial charge is 0.278 e. The fourth-order valence-corrected chi connectivity index (χ4v) is 1.70. The number of benzene rings is 2. The van der Waals surface area contributed by atoms with E-state index in [0.717, 1.165) is 11.6 Å². The molecule has 0 amide bonds. The molecular weight excluding hydrogens is 277 g/mol. The third-order valence-electron chi connectivity index (χ3n) is 2.67. The monoisotopic (exact) mass is 290 g/mol. The zero-order valence-electron chi connectivity index (χ0n) is 11.0. The Morgan fingerprint density at radius 2 is 1.57 bits per heavy atom. The van der Waals surface area contributed by atoms with Crippen molar-refractivity contribution in [2.24, 2.45) is 5.10 Å². The van der Waals surface area contributed by atoms with Crippen LogP contribution in [0.4, 0.5) is 18.9 Å². The van der Waals surface area contributed by atoms with Gasteiger partial charge in [-0.15, -0.1) is 0 Å². The van der Waals surface area contributed by atoms with E-state index < -0.39 is 11.7 Å². The minimum absolute atomic E-state index is 0.0747. The summed E-state index contributed by atoms with van der Waals surface area (Å²) in [4.78, 5) is 0. The van der Waals surface area contributed by atoms with E-state index in [4.69, 9.17) is 0 Å². The third-order valence-corrected chi connectivity index (χ3v) is 2.67. The molecule has 2 aromatic rings. The first kappa shape index (κ1) is 14.8. The maximum atomic E-state index is 12.7. The number of alkyl halides is 3. The number of hydrogen-bond acceptors (Lipinski definition) is 2. The zero-order valence-corrected chi connectivity index (χ0v) is 11.0. The van der Waals surface area contributed by atoms with Gasteiger partial charge in [-0.1, -0.05) is 48.5 Å². The predicted octanol–water partition coefficient (Wildman–Crippen LogP) is 4.82. The minimum Gasteiger partial charge on any atom is -0.278 e. The van der Waals surface area contributed by atoms with E-state index in [2.05, 4.69) is 10.5 Å². The Bertz CT molecular complexity index is 631. The molecule has 0 fully saturated rings. The van der Waals surface area contributed by atoms with Crippen molar-refractivity contribution >= 4 is 18.0 Å². The summed E-state index contributed by atoms with van der Waals surface area (Å²) in [6.45, 7) is 0. The van der Waals surface area contributed by atoms with Gasteiger partial charge in [0.15, 0.2) is 0 Å². The molecule has 0 radical (unpaired) electrons. The van der Waals surface area contributed by atoms with Crippen molar-refractivity contribution in [3.8, 4) is 0 Å². The molecule has 0 atom stereocenters. The van der Waals surface area contributed by atoms with Gasteiger partial charge in [-0.05, 0) is 23.8 Å². The largest absolute Gasteiger partial charge is 0.418 e. The van der Waals surface area contributed by atoms with Crippen LogP contribution >= 0.6 is 0 Å². The highest BCUT2D eigenvalue weighted by Crippen LogP contribution is 2.34. The Morgan fingerprint density at radius 1 is 0.905 bits per heavy atom. The molecule has 2 nitrogen and oxygen atoms in total. The summed E-state index contributed by atoms with van der Waals surface area (Å²) in [5.41, 5.74) is 2.57. The number of nitrogens with zero attached hydrogens (tertiary/aromatic N) is 1. The third kappa shape index (κ3) is 4.49. The second-order valence-electron chi connectivity index (χ2n) is 4.20. The molecule has 0 aliphatic carbocycles. The van der Waals surface area contributed by atoms with Crippen LogP contribution in [-0.4, -0.2) is 6.21 Å². The van der Waals surface area contributed by atoms with Crippen molar-refractivity contribution in [3.63, 3.8) is 0 Å². The van der Waals surface area contributed by atoms with Crippen molar-refractivity contribution in [2.75, 3.05) is 5.43 Å². The van der Waals surface area contributed by atoms with Gasteiger partial charge in [0.05, 0.1) is 11.3 Å². The first-order valence-electron chi connectivity index (χ1n) is 6.24. The van der Waals surface area contributed by atoms with Crippen LogP contribution in [0.15, 0.2) is 65.8 Å². The Labute approximate surface area is 120 Å². The van der Waals surface area contributed by atoms with Crippen molar-refractivity contribution in [3.05, 3.63) is 71.8 Å². The van der Waals surface area contributed by atoms with Gasteiger partial charge in [0.25, 0.3) is 0 Å². The lowest BCUT2D eigenvalue weighted by molar-refractivity contribution is -0.136. The molecule has 2 rings (SSSR count). The fourth-order valence-electron chi connectivity index (χ4n) is 1.70. The summed E-state index contributed by atoms with van der Waals surface area (Å²) < 4.78 is 38.2. The highest BCUT2D eigenvalue weighted by molar-refractivity contribution is 5.78. The van der Waals surface area contributed by atoms with E-state index in [1.54, 1.807) is 12.2 Å². The number of nitrogens with one attached hydrogen (secondary N) is 1. The Kier molecular flexibility index (Phi) is 4.77. The van der Waals surface area contributed by atoms with Crippen molar-refractivity contribution in [1.82, 2.24) is 0 Å². The number of halogens is 3. The fraction of sp³-hybridized carbons (Fsp3) is 0.0625. The lowest BCUT2D eigenvalue weighted by Crippen LogP contribution is -2.08. The molecule has 5 heteroatoms. The van der Waals surface area contributed by atoms with E-state index in [0.29, 0.717) is 0 Å². The van der Waals surface area contributed by atoms with Crippen LogP contribution in [0.3, 0.4) is 0 Å². The SMILES string of the molecule is FC(F)(F)c1ccccc1N/N=C/C=C/c1ccccc1. The molecule has 21 heavy (non-hydrogen) atoms. The predicted molar refractivity (Wildman–Crippen MR) is 79.0 cm³/mol. The average Bonchev–Trinajstić information content (AvgIpc) is 2.47. The molecule has 2 aromatic carbocycles. The van der Waals surface area contributed by atoms with Gasteiger partial charge >= 0.3 is 6.18 Å². The Morgan fingerprint density at radius 3 is 2.29 bits per heavy atom. The van der Waals surface area contributed by atoms with Crippen LogP contribution in [0.25, 0.3) is 6.08 Å². The first-order chi connectivity index (χ1) is 10.1. The van der Waals surface area contributed by atoms with E-state index in [-0.39, 0.29) is 5.69 Å². The molecule has 0 saturated heterocycles. The lowest BCUT2D eigenvalue weighted by Gasteiger charge is -2.11. The molecule has 1 N–H and O–H groups in total. The van der Waals surface area contributed by atoms with Crippen molar-refractivity contribution < 1.29 is 13.2 Å². The van der Waals surface area contributed by atoms with Gasteiger partial charge in [0, 0.05) is 6.21 Å². The van der Waals surface area contributed by atoms with E-state index in [1.807, 2.05) is 30.3 Å².